The van der Waals surface area contributed by atoms with Crippen LogP contribution in [0.1, 0.15) is 34.1 Å². The maximum atomic E-state index is 4.06. The Morgan fingerprint density at radius 1 is 1.42 bits per heavy atom. The second-order valence-electron chi connectivity index (χ2n) is 4.38. The van der Waals surface area contributed by atoms with E-state index in [1.165, 1.54) is 6.42 Å². The molecular formula is C10H18N2. The molecule has 1 rings (SSSR count). The molecule has 0 unspecified atom stereocenters. The van der Waals surface area contributed by atoms with E-state index in [0.29, 0.717) is 0 Å². The minimum atomic E-state index is 0.199. The van der Waals surface area contributed by atoms with E-state index in [0.717, 1.165) is 5.92 Å². The van der Waals surface area contributed by atoms with E-state index < -0.39 is 0 Å². The highest BCUT2D eigenvalue weighted by Gasteiger charge is 2.20. The Bertz CT molecular complexity index is 222. The molecule has 0 radical (unpaired) electrons. The van der Waals surface area contributed by atoms with Crippen LogP contribution in [0, 0.1) is 5.92 Å². The van der Waals surface area contributed by atoms with Crippen LogP contribution in [0.25, 0.3) is 0 Å². The molecule has 0 N–H and O–H groups in total. The standard InChI is InChI=1S/C10H18N2/c1-9(2)7-10(3,4)12-6-5-11-8-12/h5-6,8-9H,7H2,1-4H3. The van der Waals surface area contributed by atoms with E-state index in [-0.39, 0.29) is 5.54 Å². The number of hydrogen-bond donors (Lipinski definition) is 0. The molecule has 0 spiro atoms. The van der Waals surface area contributed by atoms with Gasteiger partial charge in [0.25, 0.3) is 0 Å². The van der Waals surface area contributed by atoms with E-state index in [1.54, 1.807) is 0 Å². The van der Waals surface area contributed by atoms with Gasteiger partial charge >= 0.3 is 0 Å². The van der Waals surface area contributed by atoms with Crippen LogP contribution < -0.4 is 0 Å². The third-order valence-electron chi connectivity index (χ3n) is 2.11. The van der Waals surface area contributed by atoms with Gasteiger partial charge in [0, 0.05) is 17.9 Å². The van der Waals surface area contributed by atoms with Crippen LogP contribution in [0.5, 0.6) is 0 Å². The molecule has 0 amide bonds. The molecule has 1 aromatic heterocycles. The first kappa shape index (κ1) is 9.30. The number of imidazole rings is 1. The van der Waals surface area contributed by atoms with Crippen LogP contribution >= 0.6 is 0 Å². The SMILES string of the molecule is CC(C)CC(C)(C)n1ccnc1. The van der Waals surface area contributed by atoms with Crippen molar-refractivity contribution in [3.8, 4) is 0 Å². The summed E-state index contributed by atoms with van der Waals surface area (Å²) in [6.45, 7) is 8.99. The average molecular weight is 166 g/mol. The molecule has 0 saturated carbocycles. The molecule has 12 heavy (non-hydrogen) atoms. The number of nitrogens with zero attached hydrogens (tertiary/aromatic N) is 2. The molecular weight excluding hydrogens is 148 g/mol. The fourth-order valence-electron chi connectivity index (χ4n) is 1.72. The van der Waals surface area contributed by atoms with Gasteiger partial charge in [-0.1, -0.05) is 13.8 Å². The minimum Gasteiger partial charge on any atom is -0.332 e. The molecule has 2 heteroatoms. The zero-order valence-corrected chi connectivity index (χ0v) is 8.41. The second-order valence-corrected chi connectivity index (χ2v) is 4.38. The summed E-state index contributed by atoms with van der Waals surface area (Å²) in [6, 6.07) is 0. The first-order valence-electron chi connectivity index (χ1n) is 4.51. The van der Waals surface area contributed by atoms with Crippen LogP contribution in [0.15, 0.2) is 18.7 Å². The fourth-order valence-corrected chi connectivity index (χ4v) is 1.72. The Kier molecular flexibility index (Phi) is 2.55. The van der Waals surface area contributed by atoms with E-state index >= 15 is 0 Å². The first-order chi connectivity index (χ1) is 5.52. The van der Waals surface area contributed by atoms with Crippen molar-refractivity contribution in [3.63, 3.8) is 0 Å². The molecule has 2 nitrogen and oxygen atoms in total. The van der Waals surface area contributed by atoms with E-state index in [2.05, 4.69) is 37.2 Å². The summed E-state index contributed by atoms with van der Waals surface area (Å²) < 4.78 is 2.17. The van der Waals surface area contributed by atoms with Gasteiger partial charge in [-0.05, 0) is 26.2 Å². The largest absolute Gasteiger partial charge is 0.332 e. The minimum absolute atomic E-state index is 0.199. The summed E-state index contributed by atoms with van der Waals surface area (Å²) in [4.78, 5) is 4.06. The molecule has 1 heterocycles. The van der Waals surface area contributed by atoms with E-state index in [4.69, 9.17) is 0 Å². The van der Waals surface area contributed by atoms with Crippen molar-refractivity contribution >= 4 is 0 Å². The highest BCUT2D eigenvalue weighted by atomic mass is 15.1. The van der Waals surface area contributed by atoms with Crippen LogP contribution in [0.3, 0.4) is 0 Å². The molecule has 68 valence electrons. The highest BCUT2D eigenvalue weighted by Crippen LogP contribution is 2.23. The maximum absolute atomic E-state index is 4.06. The molecule has 0 aromatic carbocycles. The number of hydrogen-bond acceptors (Lipinski definition) is 1. The molecule has 0 bridgehead atoms. The fraction of sp³-hybridized carbons (Fsp3) is 0.700. The Balaban J connectivity index is 2.72. The Morgan fingerprint density at radius 3 is 2.50 bits per heavy atom. The van der Waals surface area contributed by atoms with Crippen LogP contribution in [0.2, 0.25) is 0 Å². The van der Waals surface area contributed by atoms with Gasteiger partial charge < -0.3 is 4.57 Å². The van der Waals surface area contributed by atoms with Gasteiger partial charge in [0.2, 0.25) is 0 Å². The van der Waals surface area contributed by atoms with Crippen molar-refractivity contribution in [2.45, 2.75) is 39.7 Å². The second kappa shape index (κ2) is 3.30. The summed E-state index contributed by atoms with van der Waals surface area (Å²) in [5.41, 5.74) is 0.199. The van der Waals surface area contributed by atoms with Crippen molar-refractivity contribution in [2.75, 3.05) is 0 Å². The van der Waals surface area contributed by atoms with E-state index in [9.17, 15) is 0 Å². The predicted molar refractivity (Wildman–Crippen MR) is 51.0 cm³/mol. The van der Waals surface area contributed by atoms with Gasteiger partial charge in [-0.15, -0.1) is 0 Å². The summed E-state index contributed by atoms with van der Waals surface area (Å²) in [6.07, 6.45) is 6.94. The van der Waals surface area contributed by atoms with Gasteiger partial charge in [0.1, 0.15) is 0 Å². The zero-order valence-electron chi connectivity index (χ0n) is 8.41. The summed E-state index contributed by atoms with van der Waals surface area (Å²) >= 11 is 0. The Morgan fingerprint density at radius 2 is 2.08 bits per heavy atom. The van der Waals surface area contributed by atoms with Crippen LogP contribution in [0.4, 0.5) is 0 Å². The monoisotopic (exact) mass is 166 g/mol. The third kappa shape index (κ3) is 2.10. The third-order valence-corrected chi connectivity index (χ3v) is 2.11. The van der Waals surface area contributed by atoms with Crippen molar-refractivity contribution in [1.29, 1.82) is 0 Å². The van der Waals surface area contributed by atoms with Crippen molar-refractivity contribution in [3.05, 3.63) is 18.7 Å². The van der Waals surface area contributed by atoms with Gasteiger partial charge in [-0.3, -0.25) is 0 Å². The molecule has 0 aliphatic rings. The van der Waals surface area contributed by atoms with Gasteiger partial charge in [-0.2, -0.15) is 0 Å². The van der Waals surface area contributed by atoms with Crippen molar-refractivity contribution in [2.24, 2.45) is 5.92 Å². The van der Waals surface area contributed by atoms with Crippen LogP contribution in [-0.4, -0.2) is 9.55 Å². The summed E-state index contributed by atoms with van der Waals surface area (Å²) in [5.74, 6) is 0.724. The average Bonchev–Trinajstić information content (AvgIpc) is 2.32. The molecule has 1 aromatic rings. The van der Waals surface area contributed by atoms with Crippen molar-refractivity contribution < 1.29 is 0 Å². The summed E-state index contributed by atoms with van der Waals surface area (Å²) in [7, 11) is 0. The molecule has 0 fully saturated rings. The first-order valence-corrected chi connectivity index (χ1v) is 4.51. The molecule has 0 aliphatic heterocycles. The van der Waals surface area contributed by atoms with Gasteiger partial charge in [0.15, 0.2) is 0 Å². The lowest BCUT2D eigenvalue weighted by Crippen LogP contribution is -2.26. The van der Waals surface area contributed by atoms with E-state index in [1.807, 2.05) is 18.7 Å². The smallest absolute Gasteiger partial charge is 0.0950 e. The lowest BCUT2D eigenvalue weighted by Gasteiger charge is -2.28. The van der Waals surface area contributed by atoms with Gasteiger partial charge in [-0.25, -0.2) is 4.98 Å². The molecule has 0 saturated heterocycles. The summed E-state index contributed by atoms with van der Waals surface area (Å²) in [5, 5.41) is 0. The molecule has 0 atom stereocenters. The zero-order chi connectivity index (χ0) is 9.19. The lowest BCUT2D eigenvalue weighted by molar-refractivity contribution is 0.284. The lowest BCUT2D eigenvalue weighted by atomic mass is 9.93. The Labute approximate surface area is 74.6 Å². The highest BCUT2D eigenvalue weighted by molar-refractivity contribution is 4.86. The Hall–Kier alpha value is -0.790. The molecule has 0 aliphatic carbocycles. The quantitative estimate of drug-likeness (QED) is 0.675. The maximum Gasteiger partial charge on any atom is 0.0950 e. The topological polar surface area (TPSA) is 17.8 Å². The number of aromatic nitrogens is 2. The van der Waals surface area contributed by atoms with Gasteiger partial charge in [0.05, 0.1) is 6.33 Å². The number of rotatable bonds is 3. The predicted octanol–water partition coefficient (Wildman–Crippen LogP) is 2.66. The van der Waals surface area contributed by atoms with Crippen LogP contribution in [-0.2, 0) is 5.54 Å². The normalized spacial score (nSPS) is 12.4. The van der Waals surface area contributed by atoms with Crippen molar-refractivity contribution in [1.82, 2.24) is 9.55 Å².